The highest BCUT2D eigenvalue weighted by Crippen LogP contribution is 2.36. The molecule has 0 aromatic carbocycles. The average molecular weight is 385 g/mol. The quantitative estimate of drug-likeness (QED) is 0.864. The zero-order chi connectivity index (χ0) is 16.5. The Balaban J connectivity index is 2.15. The van der Waals surface area contributed by atoms with Crippen LogP contribution in [-0.4, -0.2) is 47.0 Å². The van der Waals surface area contributed by atoms with Crippen molar-refractivity contribution in [3.05, 3.63) is 15.9 Å². The van der Waals surface area contributed by atoms with E-state index in [4.69, 9.17) is 4.74 Å². The zero-order valence-electron chi connectivity index (χ0n) is 12.1. The molecule has 0 bridgehead atoms. The van der Waals surface area contributed by atoms with Gasteiger partial charge in [-0.2, -0.15) is 18.3 Å². The lowest BCUT2D eigenvalue weighted by atomic mass is 10.3. The third kappa shape index (κ3) is 3.61. The number of hydrogen-bond acceptors (Lipinski definition) is 4. The van der Waals surface area contributed by atoms with Crippen LogP contribution in [0, 0.1) is 6.92 Å². The number of ether oxygens (including phenoxy) is 1. The second kappa shape index (κ2) is 6.55. The summed E-state index contributed by atoms with van der Waals surface area (Å²) in [6, 6.07) is -0.866. The Morgan fingerprint density at radius 3 is 2.50 bits per heavy atom. The zero-order valence-corrected chi connectivity index (χ0v) is 13.7. The molecule has 124 valence electrons. The summed E-state index contributed by atoms with van der Waals surface area (Å²) in [5.41, 5.74) is 1.88. The minimum atomic E-state index is -4.57. The lowest BCUT2D eigenvalue weighted by Gasteiger charge is -2.28. The molecule has 2 heterocycles. The van der Waals surface area contributed by atoms with Crippen molar-refractivity contribution in [2.24, 2.45) is 0 Å². The van der Waals surface area contributed by atoms with Gasteiger partial charge < -0.3 is 4.74 Å². The third-order valence-electron chi connectivity index (χ3n) is 3.37. The molecule has 0 radical (unpaired) electrons. The Kier molecular flexibility index (Phi) is 5.13. The smallest absolute Gasteiger partial charge is 0.379 e. The van der Waals surface area contributed by atoms with Gasteiger partial charge in [0.25, 0.3) is 5.91 Å². The first-order valence-electron chi connectivity index (χ1n) is 6.66. The van der Waals surface area contributed by atoms with Crippen LogP contribution in [0.1, 0.15) is 24.4 Å². The number of morpholine rings is 1. The van der Waals surface area contributed by atoms with Crippen molar-refractivity contribution < 1.29 is 22.7 Å². The van der Waals surface area contributed by atoms with Crippen LogP contribution in [0.25, 0.3) is 0 Å². The van der Waals surface area contributed by atoms with Gasteiger partial charge in [-0.05, 0) is 29.8 Å². The van der Waals surface area contributed by atoms with E-state index >= 15 is 0 Å². The molecule has 1 amide bonds. The van der Waals surface area contributed by atoms with Crippen LogP contribution in [-0.2, 0) is 15.7 Å². The molecular formula is C12H16BrF3N4O2. The van der Waals surface area contributed by atoms with Crippen LogP contribution in [0.15, 0.2) is 4.47 Å². The fourth-order valence-electron chi connectivity index (χ4n) is 2.09. The maximum Gasteiger partial charge on any atom is 0.436 e. The first kappa shape index (κ1) is 17.2. The molecule has 1 aromatic rings. The maximum atomic E-state index is 12.9. The van der Waals surface area contributed by atoms with E-state index in [0.29, 0.717) is 26.3 Å². The van der Waals surface area contributed by atoms with Crippen molar-refractivity contribution in [1.29, 1.82) is 0 Å². The van der Waals surface area contributed by atoms with Crippen molar-refractivity contribution in [3.8, 4) is 0 Å². The topological polar surface area (TPSA) is 59.4 Å². The molecule has 6 nitrogen and oxygen atoms in total. The minimum absolute atomic E-state index is 0.147. The Labute approximate surface area is 133 Å². The summed E-state index contributed by atoms with van der Waals surface area (Å²) in [7, 11) is 0. The highest BCUT2D eigenvalue weighted by atomic mass is 79.9. The number of amides is 1. The Morgan fingerprint density at radius 1 is 1.41 bits per heavy atom. The Morgan fingerprint density at radius 2 is 2.00 bits per heavy atom. The number of alkyl halides is 3. The number of carbonyl (C=O) groups is 1. The lowest BCUT2D eigenvalue weighted by molar-refractivity contribution is -0.142. The first-order chi connectivity index (χ1) is 10.2. The molecule has 1 atom stereocenters. The predicted molar refractivity (Wildman–Crippen MR) is 74.9 cm³/mol. The van der Waals surface area contributed by atoms with E-state index in [-0.39, 0.29) is 10.2 Å². The number of rotatable bonds is 3. The van der Waals surface area contributed by atoms with Crippen LogP contribution in [0.3, 0.4) is 0 Å². The van der Waals surface area contributed by atoms with Crippen molar-refractivity contribution in [2.45, 2.75) is 26.1 Å². The molecule has 0 aliphatic carbocycles. The van der Waals surface area contributed by atoms with Crippen molar-refractivity contribution in [3.63, 3.8) is 0 Å². The highest BCUT2D eigenvalue weighted by Gasteiger charge is 2.39. The summed E-state index contributed by atoms with van der Waals surface area (Å²) in [5.74, 6) is -0.422. The number of nitrogens with one attached hydrogen (secondary N) is 1. The second-order valence-corrected chi connectivity index (χ2v) is 5.73. The van der Waals surface area contributed by atoms with E-state index in [1.807, 2.05) is 0 Å². The number of hydrogen-bond donors (Lipinski definition) is 1. The molecule has 1 aliphatic rings. The van der Waals surface area contributed by atoms with Crippen molar-refractivity contribution >= 4 is 21.8 Å². The summed E-state index contributed by atoms with van der Waals surface area (Å²) in [6.07, 6.45) is -4.57. The molecule has 1 saturated heterocycles. The van der Waals surface area contributed by atoms with E-state index in [9.17, 15) is 18.0 Å². The SMILES string of the molecule is Cc1c(Br)c(C(F)(F)F)nn1[C@H](C)C(=O)NN1CCOCC1. The molecule has 1 aliphatic heterocycles. The van der Waals surface area contributed by atoms with Crippen LogP contribution in [0.4, 0.5) is 13.2 Å². The second-order valence-electron chi connectivity index (χ2n) is 4.94. The summed E-state index contributed by atoms with van der Waals surface area (Å²) in [4.78, 5) is 12.2. The van der Waals surface area contributed by atoms with E-state index < -0.39 is 23.8 Å². The van der Waals surface area contributed by atoms with Crippen LogP contribution in [0.5, 0.6) is 0 Å². The lowest BCUT2D eigenvalue weighted by Crippen LogP contribution is -2.50. The molecule has 0 spiro atoms. The largest absolute Gasteiger partial charge is 0.436 e. The predicted octanol–water partition coefficient (Wildman–Crippen LogP) is 1.90. The number of nitrogens with zero attached hydrogens (tertiary/aromatic N) is 3. The van der Waals surface area contributed by atoms with Gasteiger partial charge in [-0.1, -0.05) is 0 Å². The minimum Gasteiger partial charge on any atom is -0.379 e. The molecular weight excluding hydrogens is 369 g/mol. The normalized spacial score (nSPS) is 18.3. The molecule has 10 heteroatoms. The molecule has 0 unspecified atom stereocenters. The van der Waals surface area contributed by atoms with Crippen molar-refractivity contribution in [1.82, 2.24) is 20.2 Å². The summed E-state index contributed by atoms with van der Waals surface area (Å²) >= 11 is 2.89. The van der Waals surface area contributed by atoms with E-state index in [2.05, 4.69) is 26.5 Å². The van der Waals surface area contributed by atoms with Gasteiger partial charge in [-0.3, -0.25) is 14.9 Å². The highest BCUT2D eigenvalue weighted by molar-refractivity contribution is 9.10. The number of halogens is 4. The van der Waals surface area contributed by atoms with Gasteiger partial charge in [0.05, 0.1) is 23.4 Å². The Hall–Kier alpha value is -1.13. The van der Waals surface area contributed by atoms with Gasteiger partial charge in [-0.25, -0.2) is 5.01 Å². The fourth-order valence-corrected chi connectivity index (χ4v) is 2.58. The molecule has 2 rings (SSSR count). The van der Waals surface area contributed by atoms with Crippen LogP contribution >= 0.6 is 15.9 Å². The summed E-state index contributed by atoms with van der Waals surface area (Å²) in [5, 5.41) is 5.22. The molecule has 1 aromatic heterocycles. The van der Waals surface area contributed by atoms with Gasteiger partial charge in [0.15, 0.2) is 5.69 Å². The van der Waals surface area contributed by atoms with Gasteiger partial charge in [0, 0.05) is 13.1 Å². The van der Waals surface area contributed by atoms with E-state index in [1.165, 1.54) is 13.8 Å². The molecule has 0 saturated carbocycles. The molecule has 22 heavy (non-hydrogen) atoms. The molecule has 1 fully saturated rings. The fraction of sp³-hybridized carbons (Fsp3) is 0.667. The summed E-state index contributed by atoms with van der Waals surface area (Å²) < 4.78 is 44.6. The van der Waals surface area contributed by atoms with Crippen LogP contribution < -0.4 is 5.43 Å². The Bertz CT molecular complexity index is 555. The van der Waals surface area contributed by atoms with Gasteiger partial charge in [-0.15, -0.1) is 0 Å². The molecule has 1 N–H and O–H groups in total. The van der Waals surface area contributed by atoms with E-state index in [0.717, 1.165) is 4.68 Å². The standard InChI is InChI=1S/C12H16BrF3N4O2/c1-7-9(13)10(12(14,15)16)17-20(7)8(2)11(21)18-19-3-5-22-6-4-19/h8H,3-6H2,1-2H3,(H,18,21)/t8-/m1/s1. The first-order valence-corrected chi connectivity index (χ1v) is 7.46. The van der Waals surface area contributed by atoms with Gasteiger partial charge in [0.1, 0.15) is 6.04 Å². The average Bonchev–Trinajstić information content (AvgIpc) is 2.75. The monoisotopic (exact) mass is 384 g/mol. The van der Waals surface area contributed by atoms with E-state index in [1.54, 1.807) is 5.01 Å². The maximum absolute atomic E-state index is 12.9. The van der Waals surface area contributed by atoms with Crippen molar-refractivity contribution in [2.75, 3.05) is 26.3 Å². The number of carbonyl (C=O) groups excluding carboxylic acids is 1. The summed E-state index contributed by atoms with van der Waals surface area (Å²) in [6.45, 7) is 5.05. The number of aromatic nitrogens is 2. The van der Waals surface area contributed by atoms with Crippen LogP contribution in [0.2, 0.25) is 0 Å². The number of hydrazine groups is 1. The van der Waals surface area contributed by atoms with Gasteiger partial charge >= 0.3 is 6.18 Å². The third-order valence-corrected chi connectivity index (χ3v) is 4.32. The van der Waals surface area contributed by atoms with Gasteiger partial charge in [0.2, 0.25) is 0 Å².